The molecule has 0 bridgehead atoms. The molecular weight excluding hydrogens is 254 g/mol. The van der Waals surface area contributed by atoms with E-state index in [0.717, 1.165) is 0 Å². The van der Waals surface area contributed by atoms with Gasteiger partial charge in [-0.05, 0) is 12.8 Å². The molecule has 0 saturated heterocycles. The monoisotopic (exact) mass is 275 g/mol. The van der Waals surface area contributed by atoms with E-state index in [1.54, 1.807) is 13.8 Å². The Morgan fingerprint density at radius 3 is 2.00 bits per heavy atom. The number of hydrogen-bond donors (Lipinski definition) is 5. The minimum Gasteiger partial charge on any atom is -0.480 e. The number of carbonyl (C=O) groups excluding carboxylic acids is 2. The second-order valence-electron chi connectivity index (χ2n) is 4.58. The van der Waals surface area contributed by atoms with E-state index in [1.807, 2.05) is 0 Å². The first kappa shape index (κ1) is 17.3. The molecule has 0 saturated carbocycles. The van der Waals surface area contributed by atoms with Crippen LogP contribution in [0.1, 0.15) is 20.8 Å². The smallest absolute Gasteiger partial charge is 0.328 e. The number of carbonyl (C=O) groups is 3. The summed E-state index contributed by atoms with van der Waals surface area (Å²) in [6, 6.07) is -3.08. The first-order chi connectivity index (χ1) is 8.70. The molecule has 0 aliphatic rings. The third-order valence-electron chi connectivity index (χ3n) is 2.57. The van der Waals surface area contributed by atoms with Gasteiger partial charge in [0.1, 0.15) is 12.1 Å². The summed E-state index contributed by atoms with van der Waals surface area (Å²) >= 11 is 0. The first-order valence-corrected chi connectivity index (χ1v) is 5.90. The van der Waals surface area contributed by atoms with E-state index >= 15 is 0 Å². The number of aliphatic hydroxyl groups excluding tert-OH is 1. The molecule has 0 rings (SSSR count). The van der Waals surface area contributed by atoms with E-state index in [9.17, 15) is 14.4 Å². The zero-order valence-electron chi connectivity index (χ0n) is 11.2. The van der Waals surface area contributed by atoms with Crippen molar-refractivity contribution in [2.24, 2.45) is 11.7 Å². The molecule has 8 heteroatoms. The van der Waals surface area contributed by atoms with Crippen molar-refractivity contribution in [2.45, 2.75) is 38.9 Å². The SMILES string of the molecule is CC(C)[C@H](N)C(=O)N[C@@H](C)C(=O)N[C@@H](CO)C(=O)O. The lowest BCUT2D eigenvalue weighted by atomic mass is 10.0. The Bertz CT molecular complexity index is 345. The van der Waals surface area contributed by atoms with Crippen LogP contribution in [0.25, 0.3) is 0 Å². The highest BCUT2D eigenvalue weighted by Gasteiger charge is 2.25. The van der Waals surface area contributed by atoms with Crippen LogP contribution in [0.15, 0.2) is 0 Å². The summed E-state index contributed by atoms with van der Waals surface area (Å²) in [5.74, 6) is -2.63. The number of nitrogens with one attached hydrogen (secondary N) is 2. The Hall–Kier alpha value is -1.67. The van der Waals surface area contributed by atoms with Gasteiger partial charge in [-0.25, -0.2) is 4.79 Å². The molecule has 0 aromatic carbocycles. The summed E-state index contributed by atoms with van der Waals surface area (Å²) in [6.45, 7) is 4.20. The topological polar surface area (TPSA) is 142 Å². The summed E-state index contributed by atoms with van der Waals surface area (Å²) < 4.78 is 0. The third kappa shape index (κ3) is 5.66. The van der Waals surface area contributed by atoms with Gasteiger partial charge in [0.25, 0.3) is 0 Å². The molecule has 0 aliphatic heterocycles. The number of nitrogens with two attached hydrogens (primary N) is 1. The number of amides is 2. The average molecular weight is 275 g/mol. The maximum absolute atomic E-state index is 11.6. The lowest BCUT2D eigenvalue weighted by Gasteiger charge is -2.20. The quantitative estimate of drug-likeness (QED) is 0.365. The van der Waals surface area contributed by atoms with Crippen LogP contribution in [0, 0.1) is 5.92 Å². The number of rotatable bonds is 7. The second kappa shape index (κ2) is 7.70. The number of carboxylic acid groups (broad SMARTS) is 1. The summed E-state index contributed by atoms with van der Waals surface area (Å²) in [4.78, 5) is 33.8. The van der Waals surface area contributed by atoms with E-state index in [2.05, 4.69) is 10.6 Å². The lowest BCUT2D eigenvalue weighted by molar-refractivity contribution is -0.143. The maximum Gasteiger partial charge on any atom is 0.328 e. The van der Waals surface area contributed by atoms with Crippen LogP contribution >= 0.6 is 0 Å². The van der Waals surface area contributed by atoms with Gasteiger partial charge in [0, 0.05) is 0 Å². The zero-order chi connectivity index (χ0) is 15.2. The Morgan fingerprint density at radius 2 is 1.63 bits per heavy atom. The molecule has 2 amide bonds. The molecule has 0 fully saturated rings. The Labute approximate surface area is 111 Å². The van der Waals surface area contributed by atoms with Crippen LogP contribution < -0.4 is 16.4 Å². The van der Waals surface area contributed by atoms with Crippen molar-refractivity contribution in [3.8, 4) is 0 Å². The highest BCUT2D eigenvalue weighted by molar-refractivity contribution is 5.91. The van der Waals surface area contributed by atoms with E-state index in [4.69, 9.17) is 15.9 Å². The fourth-order valence-corrected chi connectivity index (χ4v) is 1.16. The van der Waals surface area contributed by atoms with Crippen molar-refractivity contribution in [2.75, 3.05) is 6.61 Å². The second-order valence-corrected chi connectivity index (χ2v) is 4.58. The maximum atomic E-state index is 11.6. The fourth-order valence-electron chi connectivity index (χ4n) is 1.16. The molecule has 0 aromatic heterocycles. The molecule has 0 spiro atoms. The summed E-state index contributed by atoms with van der Waals surface area (Å²) in [5.41, 5.74) is 5.61. The minimum absolute atomic E-state index is 0.0838. The predicted molar refractivity (Wildman–Crippen MR) is 67.1 cm³/mol. The molecule has 19 heavy (non-hydrogen) atoms. The Kier molecular flexibility index (Phi) is 7.02. The van der Waals surface area contributed by atoms with Gasteiger partial charge in [-0.1, -0.05) is 13.8 Å². The molecule has 110 valence electrons. The molecule has 0 aliphatic carbocycles. The van der Waals surface area contributed by atoms with Crippen LogP contribution in [0.5, 0.6) is 0 Å². The van der Waals surface area contributed by atoms with E-state index in [-0.39, 0.29) is 5.92 Å². The van der Waals surface area contributed by atoms with Gasteiger partial charge in [0.05, 0.1) is 12.6 Å². The van der Waals surface area contributed by atoms with Gasteiger partial charge in [0.2, 0.25) is 11.8 Å². The van der Waals surface area contributed by atoms with E-state index in [1.165, 1.54) is 6.92 Å². The first-order valence-electron chi connectivity index (χ1n) is 5.90. The third-order valence-corrected chi connectivity index (χ3v) is 2.57. The molecular formula is C11H21N3O5. The molecule has 3 atom stereocenters. The van der Waals surface area contributed by atoms with Gasteiger partial charge in [-0.2, -0.15) is 0 Å². The summed E-state index contributed by atoms with van der Waals surface area (Å²) in [7, 11) is 0. The molecule has 0 aromatic rings. The normalized spacial score (nSPS) is 15.5. The largest absolute Gasteiger partial charge is 0.480 e. The lowest BCUT2D eigenvalue weighted by Crippen LogP contribution is -2.54. The van der Waals surface area contributed by atoms with Crippen molar-refractivity contribution >= 4 is 17.8 Å². The Balaban J connectivity index is 4.42. The number of aliphatic hydroxyl groups is 1. The van der Waals surface area contributed by atoms with Crippen LogP contribution in [-0.2, 0) is 14.4 Å². The molecule has 0 unspecified atom stereocenters. The molecule has 0 radical (unpaired) electrons. The molecule has 0 heterocycles. The predicted octanol–water partition coefficient (Wildman–Crippen LogP) is -1.96. The van der Waals surface area contributed by atoms with Crippen LogP contribution in [0.4, 0.5) is 0 Å². The van der Waals surface area contributed by atoms with Crippen LogP contribution in [0.2, 0.25) is 0 Å². The molecule has 8 nitrogen and oxygen atoms in total. The van der Waals surface area contributed by atoms with Gasteiger partial charge in [-0.15, -0.1) is 0 Å². The van der Waals surface area contributed by atoms with Gasteiger partial charge < -0.3 is 26.6 Å². The van der Waals surface area contributed by atoms with Crippen molar-refractivity contribution in [3.05, 3.63) is 0 Å². The van der Waals surface area contributed by atoms with Crippen molar-refractivity contribution < 1.29 is 24.6 Å². The number of carboxylic acids is 1. The van der Waals surface area contributed by atoms with Crippen LogP contribution in [-0.4, -0.2) is 52.7 Å². The van der Waals surface area contributed by atoms with Gasteiger partial charge in [0.15, 0.2) is 0 Å². The standard InChI is InChI=1S/C11H21N3O5/c1-5(2)8(12)10(17)13-6(3)9(16)14-7(4-15)11(18)19/h5-8,15H,4,12H2,1-3H3,(H,13,17)(H,14,16)(H,18,19)/t6-,7-,8-/m0/s1. The number of aliphatic carboxylic acids is 1. The van der Waals surface area contributed by atoms with Crippen LogP contribution in [0.3, 0.4) is 0 Å². The van der Waals surface area contributed by atoms with Gasteiger partial charge in [-0.3, -0.25) is 9.59 Å². The van der Waals surface area contributed by atoms with E-state index < -0.39 is 42.5 Å². The molecule has 6 N–H and O–H groups in total. The van der Waals surface area contributed by atoms with E-state index in [0.29, 0.717) is 0 Å². The van der Waals surface area contributed by atoms with Gasteiger partial charge >= 0.3 is 5.97 Å². The fraction of sp³-hybridized carbons (Fsp3) is 0.727. The van der Waals surface area contributed by atoms with Crippen molar-refractivity contribution in [3.63, 3.8) is 0 Å². The number of hydrogen-bond acceptors (Lipinski definition) is 5. The van der Waals surface area contributed by atoms with Crippen molar-refractivity contribution in [1.82, 2.24) is 10.6 Å². The minimum atomic E-state index is -1.40. The zero-order valence-corrected chi connectivity index (χ0v) is 11.2. The van der Waals surface area contributed by atoms with Crippen molar-refractivity contribution in [1.29, 1.82) is 0 Å². The summed E-state index contributed by atoms with van der Waals surface area (Å²) in [5, 5.41) is 21.9. The summed E-state index contributed by atoms with van der Waals surface area (Å²) in [6.07, 6.45) is 0. The highest BCUT2D eigenvalue weighted by atomic mass is 16.4. The average Bonchev–Trinajstić information content (AvgIpc) is 2.33. The Morgan fingerprint density at radius 1 is 1.11 bits per heavy atom. The highest BCUT2D eigenvalue weighted by Crippen LogP contribution is 1.98.